The lowest BCUT2D eigenvalue weighted by molar-refractivity contribution is -0.127. The minimum atomic E-state index is -1.15. The van der Waals surface area contributed by atoms with E-state index < -0.39 is 24.0 Å². The van der Waals surface area contributed by atoms with Crippen LogP contribution in [0.4, 0.5) is 9.18 Å². The average molecular weight is 365 g/mol. The molecule has 3 amide bonds. The van der Waals surface area contributed by atoms with E-state index in [1.54, 1.807) is 19.1 Å². The molecule has 2 N–H and O–H groups in total. The highest BCUT2D eigenvalue weighted by Crippen LogP contribution is 2.28. The van der Waals surface area contributed by atoms with Crippen LogP contribution in [0.3, 0.4) is 0 Å². The van der Waals surface area contributed by atoms with Gasteiger partial charge in [0, 0.05) is 12.6 Å². The number of thiazole rings is 1. The predicted octanol–water partition coefficient (Wildman–Crippen LogP) is 2.26. The second kappa shape index (κ2) is 7.84. The quantitative estimate of drug-likeness (QED) is 0.810. The van der Waals surface area contributed by atoms with Gasteiger partial charge in [0.1, 0.15) is 15.7 Å². The molecular formula is C16H16FN3O4S. The maximum Gasteiger partial charge on any atom is 0.351 e. The molecule has 7 nitrogen and oxygen atoms in total. The third kappa shape index (κ3) is 4.60. The van der Waals surface area contributed by atoms with Crippen molar-refractivity contribution in [2.45, 2.75) is 20.0 Å². The molecule has 132 valence electrons. The molecule has 0 aliphatic rings. The Balaban J connectivity index is 2.10. The number of halogens is 1. The van der Waals surface area contributed by atoms with Gasteiger partial charge < -0.3 is 10.1 Å². The minimum absolute atomic E-state index is 0.235. The zero-order chi connectivity index (χ0) is 18.6. The van der Waals surface area contributed by atoms with E-state index in [1.807, 2.05) is 5.32 Å². The molecule has 0 spiro atoms. The Kier molecular flexibility index (Phi) is 5.81. The lowest BCUT2D eigenvalue weighted by Crippen LogP contribution is -2.43. The maximum atomic E-state index is 13.0. The van der Waals surface area contributed by atoms with Crippen molar-refractivity contribution < 1.29 is 23.5 Å². The minimum Gasteiger partial charge on any atom is -0.448 e. The molecule has 2 rings (SSSR count). The highest BCUT2D eigenvalue weighted by molar-refractivity contribution is 7.17. The molecule has 1 atom stereocenters. The molecule has 1 heterocycles. The van der Waals surface area contributed by atoms with Crippen molar-refractivity contribution in [2.75, 3.05) is 7.05 Å². The van der Waals surface area contributed by atoms with Crippen molar-refractivity contribution in [3.8, 4) is 10.6 Å². The van der Waals surface area contributed by atoms with Crippen LogP contribution < -0.4 is 10.6 Å². The topological polar surface area (TPSA) is 97.4 Å². The van der Waals surface area contributed by atoms with Gasteiger partial charge in [-0.2, -0.15) is 0 Å². The van der Waals surface area contributed by atoms with Gasteiger partial charge in [0.2, 0.25) is 0 Å². The molecule has 9 heteroatoms. The Labute approximate surface area is 147 Å². The second-order valence-corrected chi connectivity index (χ2v) is 6.06. The Morgan fingerprint density at radius 3 is 2.48 bits per heavy atom. The number of amides is 3. The first-order valence-electron chi connectivity index (χ1n) is 7.28. The van der Waals surface area contributed by atoms with E-state index in [2.05, 4.69) is 10.3 Å². The summed E-state index contributed by atoms with van der Waals surface area (Å²) in [5.74, 6) is -1.83. The lowest BCUT2D eigenvalue weighted by atomic mass is 10.2. The summed E-state index contributed by atoms with van der Waals surface area (Å²) in [4.78, 5) is 39.6. The number of carbonyl (C=O) groups excluding carboxylic acids is 3. The molecule has 0 radical (unpaired) electrons. The molecule has 1 aromatic heterocycles. The van der Waals surface area contributed by atoms with Gasteiger partial charge in [0.05, 0.1) is 5.69 Å². The molecule has 0 saturated carbocycles. The van der Waals surface area contributed by atoms with Crippen molar-refractivity contribution in [3.05, 3.63) is 40.7 Å². The molecule has 1 aromatic carbocycles. The fraction of sp³-hybridized carbons (Fsp3) is 0.250. The Morgan fingerprint density at radius 1 is 1.24 bits per heavy atom. The van der Waals surface area contributed by atoms with Crippen LogP contribution in [0.5, 0.6) is 0 Å². The third-order valence-electron chi connectivity index (χ3n) is 3.19. The molecule has 0 saturated heterocycles. The van der Waals surface area contributed by atoms with Crippen LogP contribution in [0.1, 0.15) is 22.3 Å². The first-order chi connectivity index (χ1) is 11.8. The first kappa shape index (κ1) is 18.5. The number of rotatable bonds is 4. The first-order valence-corrected chi connectivity index (χ1v) is 8.10. The number of imide groups is 1. The van der Waals surface area contributed by atoms with E-state index in [-0.39, 0.29) is 10.7 Å². The van der Waals surface area contributed by atoms with Crippen LogP contribution in [0.25, 0.3) is 10.6 Å². The van der Waals surface area contributed by atoms with Crippen LogP contribution in [-0.4, -0.2) is 36.0 Å². The zero-order valence-electron chi connectivity index (χ0n) is 13.8. The van der Waals surface area contributed by atoms with Crippen LogP contribution >= 0.6 is 11.3 Å². The lowest BCUT2D eigenvalue weighted by Gasteiger charge is -2.12. The van der Waals surface area contributed by atoms with E-state index in [9.17, 15) is 18.8 Å². The van der Waals surface area contributed by atoms with Crippen LogP contribution in [0, 0.1) is 12.7 Å². The molecule has 2 aromatic rings. The van der Waals surface area contributed by atoms with E-state index in [0.29, 0.717) is 16.3 Å². The van der Waals surface area contributed by atoms with Crippen molar-refractivity contribution in [2.24, 2.45) is 0 Å². The number of hydrogen-bond donors (Lipinski definition) is 2. The number of hydrogen-bond acceptors (Lipinski definition) is 6. The van der Waals surface area contributed by atoms with Crippen molar-refractivity contribution in [1.29, 1.82) is 0 Å². The molecular weight excluding hydrogens is 349 g/mol. The SMILES string of the molecule is CNC(=O)NC(=O)[C@H](C)OC(=O)c1sc(-c2ccc(F)cc2)nc1C. The second-order valence-electron chi connectivity index (χ2n) is 5.06. The Hall–Kier alpha value is -2.81. The summed E-state index contributed by atoms with van der Waals surface area (Å²) >= 11 is 1.08. The van der Waals surface area contributed by atoms with Gasteiger partial charge in [0.15, 0.2) is 6.10 Å². The van der Waals surface area contributed by atoms with Gasteiger partial charge >= 0.3 is 12.0 Å². The van der Waals surface area contributed by atoms with E-state index in [1.165, 1.54) is 26.1 Å². The average Bonchev–Trinajstić information content (AvgIpc) is 2.97. The highest BCUT2D eigenvalue weighted by Gasteiger charge is 2.24. The molecule has 0 bridgehead atoms. The van der Waals surface area contributed by atoms with Crippen LogP contribution in [0.15, 0.2) is 24.3 Å². The van der Waals surface area contributed by atoms with Crippen LogP contribution in [0.2, 0.25) is 0 Å². The van der Waals surface area contributed by atoms with Crippen molar-refractivity contribution in [3.63, 3.8) is 0 Å². The van der Waals surface area contributed by atoms with E-state index in [0.717, 1.165) is 11.3 Å². The maximum absolute atomic E-state index is 13.0. The van der Waals surface area contributed by atoms with Crippen molar-refractivity contribution in [1.82, 2.24) is 15.6 Å². The van der Waals surface area contributed by atoms with Crippen molar-refractivity contribution >= 4 is 29.2 Å². The fourth-order valence-electron chi connectivity index (χ4n) is 1.85. The summed E-state index contributed by atoms with van der Waals surface area (Å²) in [6, 6.07) is 5.02. The number of aromatic nitrogens is 1. The molecule has 0 aliphatic carbocycles. The number of aryl methyl sites for hydroxylation is 1. The van der Waals surface area contributed by atoms with Gasteiger partial charge in [-0.25, -0.2) is 19.0 Å². The number of carbonyl (C=O) groups is 3. The summed E-state index contributed by atoms with van der Waals surface area (Å²) in [6.45, 7) is 2.99. The Bertz CT molecular complexity index is 804. The van der Waals surface area contributed by atoms with Gasteiger partial charge in [-0.3, -0.25) is 10.1 Å². The number of ether oxygens (including phenoxy) is 1. The number of benzene rings is 1. The van der Waals surface area contributed by atoms with Crippen LogP contribution in [-0.2, 0) is 9.53 Å². The highest BCUT2D eigenvalue weighted by atomic mass is 32.1. The summed E-state index contributed by atoms with van der Waals surface area (Å²) in [7, 11) is 1.36. The smallest absolute Gasteiger partial charge is 0.351 e. The third-order valence-corrected chi connectivity index (χ3v) is 4.38. The summed E-state index contributed by atoms with van der Waals surface area (Å²) in [5, 5.41) is 4.78. The van der Waals surface area contributed by atoms with Gasteiger partial charge in [-0.1, -0.05) is 0 Å². The summed E-state index contributed by atoms with van der Waals surface area (Å²) < 4.78 is 18.1. The largest absolute Gasteiger partial charge is 0.448 e. The monoisotopic (exact) mass is 365 g/mol. The molecule has 0 fully saturated rings. The van der Waals surface area contributed by atoms with Gasteiger partial charge in [-0.05, 0) is 38.1 Å². The van der Waals surface area contributed by atoms with Gasteiger partial charge in [0.25, 0.3) is 5.91 Å². The van der Waals surface area contributed by atoms with Gasteiger partial charge in [-0.15, -0.1) is 11.3 Å². The van der Waals surface area contributed by atoms with E-state index >= 15 is 0 Å². The summed E-state index contributed by atoms with van der Waals surface area (Å²) in [6.07, 6.45) is -1.15. The number of urea groups is 1. The fourth-order valence-corrected chi connectivity index (χ4v) is 2.80. The predicted molar refractivity (Wildman–Crippen MR) is 89.7 cm³/mol. The molecule has 0 aliphatic heterocycles. The number of esters is 1. The number of nitrogens with zero attached hydrogens (tertiary/aromatic N) is 1. The Morgan fingerprint density at radius 2 is 1.88 bits per heavy atom. The summed E-state index contributed by atoms with van der Waals surface area (Å²) in [5.41, 5.74) is 1.10. The van der Waals surface area contributed by atoms with E-state index in [4.69, 9.17) is 4.74 Å². The zero-order valence-corrected chi connectivity index (χ0v) is 14.6. The number of nitrogens with one attached hydrogen (secondary N) is 2. The molecule has 25 heavy (non-hydrogen) atoms. The molecule has 0 unspecified atom stereocenters. The standard InChI is InChI=1S/C16H16FN3O4S/c1-8-12(15(22)24-9(2)13(21)20-16(23)18-3)25-14(19-8)10-4-6-11(17)7-5-10/h4-7,9H,1-3H3,(H2,18,20,21,23)/t9-/m0/s1. The normalized spacial score (nSPS) is 11.5.